The van der Waals surface area contributed by atoms with Crippen molar-refractivity contribution < 1.29 is 19.1 Å². The summed E-state index contributed by atoms with van der Waals surface area (Å²) in [4.78, 5) is 27.6. The Balaban J connectivity index is 2.15. The van der Waals surface area contributed by atoms with E-state index in [1.54, 1.807) is 0 Å². The predicted octanol–water partition coefficient (Wildman–Crippen LogP) is 5.57. The fourth-order valence-electron chi connectivity index (χ4n) is 3.93. The van der Waals surface area contributed by atoms with Crippen LogP contribution in [-0.2, 0) is 32.3 Å². The highest BCUT2D eigenvalue weighted by molar-refractivity contribution is 5.77. The van der Waals surface area contributed by atoms with Crippen molar-refractivity contribution in [1.82, 2.24) is 4.90 Å². The van der Waals surface area contributed by atoms with Crippen LogP contribution >= 0.6 is 0 Å². The van der Waals surface area contributed by atoms with Crippen molar-refractivity contribution in [3.63, 3.8) is 0 Å². The number of benzene rings is 2. The second-order valence-electron chi connectivity index (χ2n) is 8.67. The molecule has 0 amide bonds. The molecule has 33 heavy (non-hydrogen) atoms. The Hall–Kier alpha value is -2.50. The Morgan fingerprint density at radius 1 is 0.939 bits per heavy atom. The summed E-state index contributed by atoms with van der Waals surface area (Å²) in [5.74, 6) is -0.291. The lowest BCUT2D eigenvalue weighted by Crippen LogP contribution is -2.58. The van der Waals surface area contributed by atoms with E-state index in [4.69, 9.17) is 9.47 Å². The summed E-state index contributed by atoms with van der Waals surface area (Å²) in [7, 11) is 1.86. The minimum atomic E-state index is -0.880. The molecule has 0 bridgehead atoms. The Bertz CT molecular complexity index is 811. The van der Waals surface area contributed by atoms with Crippen molar-refractivity contribution in [2.75, 3.05) is 13.7 Å². The van der Waals surface area contributed by atoms with Crippen molar-refractivity contribution in [2.45, 2.75) is 77.2 Å². The van der Waals surface area contributed by atoms with E-state index in [0.29, 0.717) is 19.4 Å². The fraction of sp³-hybridized carbons (Fsp3) is 0.500. The van der Waals surface area contributed by atoms with E-state index in [9.17, 15) is 9.59 Å². The zero-order valence-corrected chi connectivity index (χ0v) is 20.4. The third kappa shape index (κ3) is 8.41. The van der Waals surface area contributed by atoms with Crippen molar-refractivity contribution in [3.8, 4) is 0 Å². The number of carbonyl (C=O) groups is 2. The summed E-state index contributed by atoms with van der Waals surface area (Å²) in [6, 6.07) is 19.1. The van der Waals surface area contributed by atoms with Gasteiger partial charge in [0.15, 0.2) is 0 Å². The van der Waals surface area contributed by atoms with Crippen LogP contribution in [0.15, 0.2) is 60.7 Å². The van der Waals surface area contributed by atoms with Crippen LogP contribution in [0.1, 0.15) is 63.5 Å². The topological polar surface area (TPSA) is 55.8 Å². The van der Waals surface area contributed by atoms with Crippen LogP contribution in [0.3, 0.4) is 0 Å². The first-order valence-corrected chi connectivity index (χ1v) is 12.1. The van der Waals surface area contributed by atoms with E-state index in [2.05, 4.69) is 13.8 Å². The van der Waals surface area contributed by atoms with Gasteiger partial charge in [0, 0.05) is 0 Å². The molecule has 0 fully saturated rings. The number of ether oxygens (including phenoxy) is 2. The molecular formula is C28H39NO4. The number of rotatable bonds is 16. The molecular weight excluding hydrogens is 414 g/mol. The number of hydrogen-bond acceptors (Lipinski definition) is 5. The molecule has 0 aliphatic rings. The second kappa shape index (κ2) is 14.6. The third-order valence-electron chi connectivity index (χ3n) is 6.14. The summed E-state index contributed by atoms with van der Waals surface area (Å²) in [5, 5.41) is 0. The van der Waals surface area contributed by atoms with E-state index in [-0.39, 0.29) is 19.2 Å². The van der Waals surface area contributed by atoms with Crippen LogP contribution < -0.4 is 0 Å². The molecule has 2 rings (SSSR count). The molecule has 2 unspecified atom stereocenters. The lowest BCUT2D eigenvalue weighted by Gasteiger charge is -2.41. The summed E-state index contributed by atoms with van der Waals surface area (Å²) in [6.45, 7) is 5.08. The number of unbranched alkanes of at least 4 members (excludes halogenated alkanes) is 2. The van der Waals surface area contributed by atoms with Crippen LogP contribution in [0.4, 0.5) is 0 Å². The number of hydrogen-bond donors (Lipinski definition) is 0. The monoisotopic (exact) mass is 453 g/mol. The summed E-state index contributed by atoms with van der Waals surface area (Å²) in [5.41, 5.74) is 1.12. The van der Waals surface area contributed by atoms with Gasteiger partial charge in [0.1, 0.15) is 24.5 Å². The van der Waals surface area contributed by atoms with Gasteiger partial charge in [-0.1, -0.05) is 100 Å². The SMILES string of the molecule is CCCCC(C(=O)OCc1ccccc1)N(C)C(C=O)(CCCC)COCc1ccccc1. The lowest BCUT2D eigenvalue weighted by atomic mass is 9.90. The average Bonchev–Trinajstić information content (AvgIpc) is 2.86. The predicted molar refractivity (Wildman–Crippen MR) is 132 cm³/mol. The maximum atomic E-state index is 13.2. The summed E-state index contributed by atoms with van der Waals surface area (Å²) < 4.78 is 11.7. The molecule has 0 saturated carbocycles. The molecule has 0 aliphatic carbocycles. The molecule has 0 heterocycles. The van der Waals surface area contributed by atoms with Gasteiger partial charge in [0.05, 0.1) is 13.2 Å². The van der Waals surface area contributed by atoms with Gasteiger partial charge in [-0.2, -0.15) is 0 Å². The number of aldehydes is 1. The van der Waals surface area contributed by atoms with Gasteiger partial charge in [0.2, 0.25) is 0 Å². The van der Waals surface area contributed by atoms with Gasteiger partial charge in [-0.25, -0.2) is 0 Å². The highest BCUT2D eigenvalue weighted by atomic mass is 16.5. The van der Waals surface area contributed by atoms with Crippen LogP contribution in [-0.4, -0.2) is 42.4 Å². The zero-order valence-electron chi connectivity index (χ0n) is 20.4. The van der Waals surface area contributed by atoms with Gasteiger partial charge in [-0.05, 0) is 31.0 Å². The van der Waals surface area contributed by atoms with Crippen molar-refractivity contribution >= 4 is 12.3 Å². The smallest absolute Gasteiger partial charge is 0.323 e. The van der Waals surface area contributed by atoms with Crippen LogP contribution in [0.25, 0.3) is 0 Å². The molecule has 0 radical (unpaired) electrons. The van der Waals surface area contributed by atoms with Crippen molar-refractivity contribution in [2.24, 2.45) is 0 Å². The normalized spacial score (nSPS) is 13.9. The Kier molecular flexibility index (Phi) is 11.8. The first kappa shape index (κ1) is 26.7. The molecule has 0 N–H and O–H groups in total. The van der Waals surface area contributed by atoms with Crippen molar-refractivity contribution in [1.29, 1.82) is 0 Å². The zero-order chi connectivity index (χ0) is 23.9. The van der Waals surface area contributed by atoms with Gasteiger partial charge in [0.25, 0.3) is 0 Å². The molecule has 2 aromatic rings. The fourth-order valence-corrected chi connectivity index (χ4v) is 3.93. The molecule has 180 valence electrons. The highest BCUT2D eigenvalue weighted by Gasteiger charge is 2.41. The van der Waals surface area contributed by atoms with Gasteiger partial charge < -0.3 is 14.3 Å². The largest absolute Gasteiger partial charge is 0.460 e. The minimum absolute atomic E-state index is 0.226. The van der Waals surface area contributed by atoms with E-state index in [1.165, 1.54) is 0 Å². The number of carbonyl (C=O) groups excluding carboxylic acids is 2. The summed E-state index contributed by atoms with van der Waals surface area (Å²) >= 11 is 0. The molecule has 0 aromatic heterocycles. The van der Waals surface area contributed by atoms with Gasteiger partial charge in [-0.15, -0.1) is 0 Å². The number of esters is 1. The van der Waals surface area contributed by atoms with Crippen LogP contribution in [0.2, 0.25) is 0 Å². The second-order valence-corrected chi connectivity index (χ2v) is 8.67. The van der Waals surface area contributed by atoms with E-state index in [1.807, 2.05) is 72.6 Å². The van der Waals surface area contributed by atoms with E-state index >= 15 is 0 Å². The molecule has 2 aromatic carbocycles. The van der Waals surface area contributed by atoms with Crippen molar-refractivity contribution in [3.05, 3.63) is 71.8 Å². The molecule has 5 nitrogen and oxygen atoms in total. The number of nitrogens with zero attached hydrogens (tertiary/aromatic N) is 1. The molecule has 0 saturated heterocycles. The molecule has 0 spiro atoms. The lowest BCUT2D eigenvalue weighted by molar-refractivity contribution is -0.156. The quantitative estimate of drug-likeness (QED) is 0.246. The Labute approximate surface area is 199 Å². The minimum Gasteiger partial charge on any atom is -0.460 e. The summed E-state index contributed by atoms with van der Waals surface area (Å²) in [6.07, 6.45) is 5.91. The number of likely N-dealkylation sites (N-methyl/N-ethyl adjacent to an activating group) is 1. The van der Waals surface area contributed by atoms with Crippen LogP contribution in [0, 0.1) is 0 Å². The van der Waals surface area contributed by atoms with E-state index < -0.39 is 11.6 Å². The molecule has 0 aliphatic heterocycles. The van der Waals surface area contributed by atoms with Gasteiger partial charge in [-0.3, -0.25) is 9.69 Å². The highest BCUT2D eigenvalue weighted by Crippen LogP contribution is 2.26. The first-order chi connectivity index (χ1) is 16.1. The maximum Gasteiger partial charge on any atom is 0.323 e. The third-order valence-corrected chi connectivity index (χ3v) is 6.14. The van der Waals surface area contributed by atoms with E-state index in [0.717, 1.165) is 43.1 Å². The molecule has 2 atom stereocenters. The maximum absolute atomic E-state index is 13.2. The Morgan fingerprint density at radius 2 is 1.52 bits per heavy atom. The van der Waals surface area contributed by atoms with Crippen LogP contribution in [0.5, 0.6) is 0 Å². The molecule has 5 heteroatoms. The standard InChI is InChI=1S/C28H39NO4/c1-4-6-18-26(27(31)33-21-25-16-12-9-13-17-25)29(3)28(22-30,19-7-5-2)23-32-20-24-14-10-8-11-15-24/h8-17,22,26H,4-7,18-21,23H2,1-3H3. The average molecular weight is 454 g/mol. The Morgan fingerprint density at radius 3 is 2.06 bits per heavy atom. The first-order valence-electron chi connectivity index (χ1n) is 12.1. The van der Waals surface area contributed by atoms with Gasteiger partial charge >= 0.3 is 5.97 Å².